The van der Waals surface area contributed by atoms with Gasteiger partial charge < -0.3 is 17.0 Å². The molecule has 2 aliphatic carbocycles. The summed E-state index contributed by atoms with van der Waals surface area (Å²) in [5.41, 5.74) is 0. The van der Waals surface area contributed by atoms with Gasteiger partial charge in [0, 0.05) is 0 Å². The predicted molar refractivity (Wildman–Crippen MR) is 62.6 cm³/mol. The van der Waals surface area contributed by atoms with E-state index in [1.165, 1.54) is 12.8 Å². The van der Waals surface area contributed by atoms with Gasteiger partial charge in [0.2, 0.25) is 0 Å². The fraction of sp³-hybridized carbons (Fsp3) is 0.333. The predicted octanol–water partition coefficient (Wildman–Crippen LogP) is 0.280. The molecule has 2 aliphatic rings. The summed E-state index contributed by atoms with van der Waals surface area (Å²) < 4.78 is 3.73. The zero-order valence-corrected chi connectivity index (χ0v) is 15.7. The topological polar surface area (TPSA) is 0 Å². The van der Waals surface area contributed by atoms with Crippen molar-refractivity contribution in [2.45, 2.75) is 25.9 Å². The maximum absolute atomic E-state index is 2.56. The Balaban J connectivity index is 0.00000112. The van der Waals surface area contributed by atoms with E-state index in [-0.39, 0.29) is 17.0 Å². The fourth-order valence-corrected chi connectivity index (χ4v) is 29.1. The molecule has 0 heterocycles. The largest absolute Gasteiger partial charge is 1.00 e. The third-order valence-electron chi connectivity index (χ3n) is 2.81. The first-order valence-electron chi connectivity index (χ1n) is 5.38. The Morgan fingerprint density at radius 3 is 1.73 bits per heavy atom. The quantitative estimate of drug-likeness (QED) is 0.545. The van der Waals surface area contributed by atoms with Crippen molar-refractivity contribution in [3.63, 3.8) is 0 Å². The van der Waals surface area contributed by atoms with Crippen LogP contribution in [0.3, 0.4) is 0 Å². The molecule has 0 aromatic heterocycles. The molecule has 3 heteroatoms. The monoisotopic (exact) mass is 448 g/mol. The van der Waals surface area contributed by atoms with Crippen LogP contribution < -0.4 is 17.0 Å². The van der Waals surface area contributed by atoms with Gasteiger partial charge in [-0.25, -0.2) is 0 Å². The first-order valence-corrected chi connectivity index (χ1v) is 18.1. The van der Waals surface area contributed by atoms with Gasteiger partial charge in [0.05, 0.1) is 0 Å². The van der Waals surface area contributed by atoms with Crippen molar-refractivity contribution in [3.8, 4) is 0 Å². The van der Waals surface area contributed by atoms with Crippen molar-refractivity contribution >= 4 is 5.98 Å². The molecule has 15 heavy (non-hydrogen) atoms. The number of allylic oxidation sites excluding steroid dienone is 8. The molecule has 0 aromatic rings. The molecule has 0 bridgehead atoms. The Labute approximate surface area is 112 Å². The molecule has 0 unspecified atom stereocenters. The normalized spacial score (nSPS) is 17.8. The van der Waals surface area contributed by atoms with Crippen molar-refractivity contribution in [3.05, 3.63) is 43.1 Å². The van der Waals surface area contributed by atoms with Crippen molar-refractivity contribution in [2.75, 3.05) is 0 Å². The van der Waals surface area contributed by atoms with Crippen molar-refractivity contribution in [2.24, 2.45) is 0 Å². The van der Waals surface area contributed by atoms with E-state index in [1.807, 2.05) is 6.66 Å². The van der Waals surface area contributed by atoms with Gasteiger partial charge in [-0.2, -0.15) is 0 Å². The maximum atomic E-state index is 2.56. The van der Waals surface area contributed by atoms with Crippen molar-refractivity contribution in [1.82, 2.24) is 0 Å². The molecular weight excluding hydrogens is 431 g/mol. The Hall–Kier alpha value is 0.527. The second-order valence-electron chi connectivity index (χ2n) is 4.22. The van der Waals surface area contributed by atoms with Gasteiger partial charge in [-0.1, -0.05) is 0 Å². The Bertz CT molecular complexity index is 310. The van der Waals surface area contributed by atoms with Gasteiger partial charge in [0.25, 0.3) is 0 Å². The van der Waals surface area contributed by atoms with Gasteiger partial charge in [0.15, 0.2) is 0 Å². The van der Waals surface area contributed by atoms with E-state index < -0.39 is 26.6 Å². The summed E-state index contributed by atoms with van der Waals surface area (Å²) in [4.78, 5) is 0. The Kier molecular flexibility index (Phi) is 5.72. The second-order valence-corrected chi connectivity index (χ2v) is 31.3. The van der Waals surface area contributed by atoms with E-state index in [1.54, 1.807) is 0 Å². The third kappa shape index (κ3) is 3.24. The number of hydrogen-bond donors (Lipinski definition) is 0. The molecule has 0 nitrogen and oxygen atoms in total. The van der Waals surface area contributed by atoms with Gasteiger partial charge in [-0.05, 0) is 0 Å². The average molecular weight is 448 g/mol. The van der Waals surface area contributed by atoms with E-state index in [9.17, 15) is 0 Å². The number of rotatable bonds is 3. The molecule has 0 spiro atoms. The molecule has 0 amide bonds. The summed E-state index contributed by atoms with van der Waals surface area (Å²) in [5, 5.41) is 0. The number of halogens is 1. The van der Waals surface area contributed by atoms with E-state index in [4.69, 9.17) is 0 Å². The molecular formula is C12H17BrHfSi. The molecule has 0 saturated carbocycles. The van der Waals surface area contributed by atoms with Crippen LogP contribution in [0.5, 0.6) is 0 Å². The van der Waals surface area contributed by atoms with Crippen LogP contribution >= 0.6 is 0 Å². The SMILES string of the molecule is C[SiH](C)[Hf+]([C]1=CC=CC1)[C]1=CC=CC1.[Br-]. The minimum atomic E-state index is -1.47. The summed E-state index contributed by atoms with van der Waals surface area (Å²) in [6.45, 7) is 5.11. The smallest absolute Gasteiger partial charge is 1.00 e. The van der Waals surface area contributed by atoms with Crippen LogP contribution in [0.2, 0.25) is 13.1 Å². The molecule has 2 rings (SSSR count). The van der Waals surface area contributed by atoms with Crippen LogP contribution in [-0.4, -0.2) is 5.98 Å². The standard InChI is InChI=1S/2C5H5.C2H7Si.BrH.Hf/c2*1-2-4-5-3-1;1-3-2;;/h2*1-3H,4H2;3H,1-2H3;1H;/q;;;;+1/p-1. The third-order valence-corrected chi connectivity index (χ3v) is 30.1. The minimum absolute atomic E-state index is 0. The van der Waals surface area contributed by atoms with Crippen molar-refractivity contribution < 1.29 is 37.6 Å². The summed E-state index contributed by atoms with van der Waals surface area (Å²) in [6.07, 6.45) is 16.6. The van der Waals surface area contributed by atoms with Gasteiger partial charge >= 0.3 is 95.6 Å². The fourth-order valence-electron chi connectivity index (χ4n) is 2.24. The van der Waals surface area contributed by atoms with E-state index in [0.29, 0.717) is 0 Å². The maximum Gasteiger partial charge on any atom is -1.00 e. The zero-order chi connectivity index (χ0) is 9.97. The molecule has 0 aromatic carbocycles. The van der Waals surface area contributed by atoms with Gasteiger partial charge in [0.1, 0.15) is 0 Å². The molecule has 0 fully saturated rings. The molecule has 0 aliphatic heterocycles. The molecule has 0 N–H and O–H groups in total. The second kappa shape index (κ2) is 6.31. The zero-order valence-electron chi connectivity index (χ0n) is 9.33. The first-order chi connectivity index (χ1) is 6.79. The van der Waals surface area contributed by atoms with Gasteiger partial charge in [-0.15, -0.1) is 0 Å². The minimum Gasteiger partial charge on any atom is -1.00 e. The average Bonchev–Trinajstić information content (AvgIpc) is 2.75. The molecule has 80 valence electrons. The van der Waals surface area contributed by atoms with Gasteiger partial charge in [-0.3, -0.25) is 0 Å². The molecule has 0 radical (unpaired) electrons. The van der Waals surface area contributed by atoms with E-state index in [0.717, 1.165) is 0 Å². The van der Waals surface area contributed by atoms with E-state index in [2.05, 4.69) is 49.6 Å². The summed E-state index contributed by atoms with van der Waals surface area (Å²) >= 11 is -1.47. The Morgan fingerprint density at radius 2 is 1.47 bits per heavy atom. The molecule has 0 saturated heterocycles. The van der Waals surface area contributed by atoms with Crippen LogP contribution in [0.25, 0.3) is 0 Å². The van der Waals surface area contributed by atoms with Crippen LogP contribution in [0, 0.1) is 0 Å². The summed E-state index contributed by atoms with van der Waals surface area (Å²) in [5.74, 6) is -0.395. The van der Waals surface area contributed by atoms with Crippen LogP contribution in [0.4, 0.5) is 0 Å². The van der Waals surface area contributed by atoms with E-state index >= 15 is 0 Å². The van der Waals surface area contributed by atoms with Crippen molar-refractivity contribution in [1.29, 1.82) is 0 Å². The van der Waals surface area contributed by atoms with Crippen LogP contribution in [0.1, 0.15) is 12.8 Å². The summed E-state index contributed by atoms with van der Waals surface area (Å²) in [6, 6.07) is 0. The summed E-state index contributed by atoms with van der Waals surface area (Å²) in [7, 11) is 0. The molecule has 0 atom stereocenters. The first kappa shape index (κ1) is 13.6. The number of hydrogen-bond acceptors (Lipinski definition) is 0. The van der Waals surface area contributed by atoms with Crippen LogP contribution in [0.15, 0.2) is 43.1 Å². The Morgan fingerprint density at radius 1 is 1.00 bits per heavy atom. The van der Waals surface area contributed by atoms with Crippen LogP contribution in [-0.2, 0) is 20.6 Å².